The molecule has 4 heteroatoms. The smallest absolute Gasteiger partial charge is 0.258 e. The van der Waals surface area contributed by atoms with Gasteiger partial charge >= 0.3 is 0 Å². The van der Waals surface area contributed by atoms with Crippen LogP contribution in [-0.2, 0) is 11.3 Å². The fourth-order valence-electron chi connectivity index (χ4n) is 3.64. The van der Waals surface area contributed by atoms with Crippen molar-refractivity contribution in [2.45, 2.75) is 46.2 Å². The largest absolute Gasteiger partial charge is 0.484 e. The first-order valence-corrected chi connectivity index (χ1v) is 9.77. The molecule has 27 heavy (non-hydrogen) atoms. The summed E-state index contributed by atoms with van der Waals surface area (Å²) < 4.78 is 5.69. The van der Waals surface area contributed by atoms with E-state index in [-0.39, 0.29) is 18.6 Å². The second-order valence-electron chi connectivity index (χ2n) is 7.60. The number of nitrogens with zero attached hydrogens (tertiary/aromatic N) is 1. The van der Waals surface area contributed by atoms with Gasteiger partial charge in [-0.15, -0.1) is 0 Å². The first-order chi connectivity index (χ1) is 13.0. The third kappa shape index (κ3) is 5.57. The molecule has 0 saturated carbocycles. The number of hydrogen-bond donors (Lipinski definition) is 1. The van der Waals surface area contributed by atoms with Crippen LogP contribution in [0.4, 0.5) is 0 Å². The van der Waals surface area contributed by atoms with Gasteiger partial charge in [0.15, 0.2) is 6.61 Å². The van der Waals surface area contributed by atoms with E-state index in [1.807, 2.05) is 19.1 Å². The van der Waals surface area contributed by atoms with Crippen molar-refractivity contribution in [3.05, 3.63) is 64.7 Å². The molecule has 0 aromatic heterocycles. The molecule has 1 heterocycles. The SMILES string of the molecule is Cc1ccc(OCC(=O)NC2CCN(Cc3ccccc3C)CC2)c(C)c1. The van der Waals surface area contributed by atoms with Crippen molar-refractivity contribution < 1.29 is 9.53 Å². The lowest BCUT2D eigenvalue weighted by Crippen LogP contribution is -2.45. The fourth-order valence-corrected chi connectivity index (χ4v) is 3.64. The highest BCUT2D eigenvalue weighted by atomic mass is 16.5. The van der Waals surface area contributed by atoms with Gasteiger partial charge in [0.05, 0.1) is 0 Å². The number of ether oxygens (including phenoxy) is 1. The molecule has 1 amide bonds. The van der Waals surface area contributed by atoms with Crippen LogP contribution in [0.2, 0.25) is 0 Å². The van der Waals surface area contributed by atoms with E-state index in [0.717, 1.165) is 43.8 Å². The summed E-state index contributed by atoms with van der Waals surface area (Å²) in [5, 5.41) is 3.13. The maximum atomic E-state index is 12.2. The highest BCUT2D eigenvalue weighted by Gasteiger charge is 2.21. The molecule has 1 aliphatic heterocycles. The summed E-state index contributed by atoms with van der Waals surface area (Å²) in [7, 11) is 0. The molecule has 0 unspecified atom stereocenters. The van der Waals surface area contributed by atoms with Crippen LogP contribution in [0.5, 0.6) is 5.75 Å². The Labute approximate surface area is 162 Å². The first-order valence-electron chi connectivity index (χ1n) is 9.77. The molecule has 2 aromatic carbocycles. The molecule has 2 aromatic rings. The monoisotopic (exact) mass is 366 g/mol. The van der Waals surface area contributed by atoms with Crippen LogP contribution >= 0.6 is 0 Å². The number of benzene rings is 2. The predicted octanol–water partition coefficient (Wildman–Crippen LogP) is 3.77. The topological polar surface area (TPSA) is 41.6 Å². The van der Waals surface area contributed by atoms with Gasteiger partial charge < -0.3 is 10.1 Å². The van der Waals surface area contributed by atoms with Crippen LogP contribution in [0.3, 0.4) is 0 Å². The lowest BCUT2D eigenvalue weighted by molar-refractivity contribution is -0.124. The number of amides is 1. The minimum atomic E-state index is -0.0349. The van der Waals surface area contributed by atoms with E-state index in [1.165, 1.54) is 16.7 Å². The average Bonchev–Trinajstić information content (AvgIpc) is 2.64. The van der Waals surface area contributed by atoms with Gasteiger partial charge in [-0.1, -0.05) is 42.0 Å². The molecule has 0 aliphatic carbocycles. The molecule has 1 fully saturated rings. The molecule has 3 rings (SSSR count). The Bertz CT molecular complexity index is 780. The Hall–Kier alpha value is -2.33. The zero-order valence-corrected chi connectivity index (χ0v) is 16.6. The van der Waals surface area contributed by atoms with Crippen molar-refractivity contribution >= 4 is 5.91 Å². The minimum Gasteiger partial charge on any atom is -0.484 e. The van der Waals surface area contributed by atoms with Crippen LogP contribution in [-0.4, -0.2) is 36.5 Å². The van der Waals surface area contributed by atoms with Crippen molar-refractivity contribution in [2.24, 2.45) is 0 Å². The fraction of sp³-hybridized carbons (Fsp3) is 0.435. The Morgan fingerprint density at radius 2 is 1.81 bits per heavy atom. The summed E-state index contributed by atoms with van der Waals surface area (Å²) in [6.07, 6.45) is 1.97. The number of likely N-dealkylation sites (tertiary alicyclic amines) is 1. The molecule has 4 nitrogen and oxygen atoms in total. The van der Waals surface area contributed by atoms with Gasteiger partial charge in [-0.2, -0.15) is 0 Å². The van der Waals surface area contributed by atoms with Gasteiger partial charge in [0, 0.05) is 25.7 Å². The van der Waals surface area contributed by atoms with Crippen molar-refractivity contribution in [3.8, 4) is 5.75 Å². The van der Waals surface area contributed by atoms with Gasteiger partial charge in [-0.3, -0.25) is 9.69 Å². The average molecular weight is 367 g/mol. The molecular formula is C23H30N2O2. The molecule has 1 saturated heterocycles. The Morgan fingerprint density at radius 3 is 2.52 bits per heavy atom. The quantitative estimate of drug-likeness (QED) is 0.846. The molecule has 1 aliphatic rings. The molecule has 144 valence electrons. The van der Waals surface area contributed by atoms with Crippen LogP contribution in [0.25, 0.3) is 0 Å². The maximum absolute atomic E-state index is 12.2. The Balaban J connectivity index is 1.41. The van der Waals surface area contributed by atoms with E-state index in [0.29, 0.717) is 0 Å². The van der Waals surface area contributed by atoms with Gasteiger partial charge in [0.2, 0.25) is 0 Å². The zero-order chi connectivity index (χ0) is 19.2. The van der Waals surface area contributed by atoms with Crippen molar-refractivity contribution in [2.75, 3.05) is 19.7 Å². The highest BCUT2D eigenvalue weighted by Crippen LogP contribution is 2.19. The van der Waals surface area contributed by atoms with Gasteiger partial charge in [-0.05, 0) is 56.4 Å². The first kappa shape index (κ1) is 19.4. The second-order valence-corrected chi connectivity index (χ2v) is 7.60. The predicted molar refractivity (Wildman–Crippen MR) is 109 cm³/mol. The van der Waals surface area contributed by atoms with Gasteiger partial charge in [-0.25, -0.2) is 0 Å². The van der Waals surface area contributed by atoms with E-state index < -0.39 is 0 Å². The lowest BCUT2D eigenvalue weighted by Gasteiger charge is -2.32. The number of hydrogen-bond acceptors (Lipinski definition) is 3. The summed E-state index contributed by atoms with van der Waals surface area (Å²) in [4.78, 5) is 14.7. The summed E-state index contributed by atoms with van der Waals surface area (Å²) in [6.45, 7) is 9.31. The number of aryl methyl sites for hydroxylation is 3. The number of nitrogens with one attached hydrogen (secondary N) is 1. The summed E-state index contributed by atoms with van der Waals surface area (Å²) >= 11 is 0. The third-order valence-electron chi connectivity index (χ3n) is 5.30. The Morgan fingerprint density at radius 1 is 1.07 bits per heavy atom. The second kappa shape index (κ2) is 9.05. The van der Waals surface area contributed by atoms with Crippen LogP contribution in [0.15, 0.2) is 42.5 Å². The van der Waals surface area contributed by atoms with Gasteiger partial charge in [0.1, 0.15) is 5.75 Å². The summed E-state index contributed by atoms with van der Waals surface area (Å²) in [6, 6.07) is 14.8. The molecule has 0 radical (unpaired) electrons. The van der Waals surface area contributed by atoms with E-state index in [4.69, 9.17) is 4.74 Å². The number of rotatable bonds is 6. The van der Waals surface area contributed by atoms with Crippen molar-refractivity contribution in [1.29, 1.82) is 0 Å². The van der Waals surface area contributed by atoms with Crippen molar-refractivity contribution in [3.63, 3.8) is 0 Å². The molecule has 0 spiro atoms. The van der Waals surface area contributed by atoms with Gasteiger partial charge in [0.25, 0.3) is 5.91 Å². The highest BCUT2D eigenvalue weighted by molar-refractivity contribution is 5.77. The zero-order valence-electron chi connectivity index (χ0n) is 16.6. The number of piperidine rings is 1. The minimum absolute atomic E-state index is 0.0349. The molecule has 0 atom stereocenters. The van der Waals surface area contributed by atoms with E-state index >= 15 is 0 Å². The Kier molecular flexibility index (Phi) is 6.51. The van der Waals surface area contributed by atoms with E-state index in [9.17, 15) is 4.79 Å². The molecular weight excluding hydrogens is 336 g/mol. The standard InChI is InChI=1S/C23H30N2O2/c1-17-8-9-22(19(3)14-17)27-16-23(26)24-21-10-12-25(13-11-21)15-20-7-5-4-6-18(20)2/h4-9,14,21H,10-13,15-16H2,1-3H3,(H,24,26). The van der Waals surface area contributed by atoms with E-state index in [2.05, 4.69) is 54.4 Å². The normalized spacial score (nSPS) is 15.5. The van der Waals surface area contributed by atoms with Crippen molar-refractivity contribution in [1.82, 2.24) is 10.2 Å². The summed E-state index contributed by atoms with van der Waals surface area (Å²) in [5.74, 6) is 0.746. The van der Waals surface area contributed by atoms with Crippen LogP contribution in [0.1, 0.15) is 35.1 Å². The number of carbonyl (C=O) groups excluding carboxylic acids is 1. The van der Waals surface area contributed by atoms with E-state index in [1.54, 1.807) is 0 Å². The number of carbonyl (C=O) groups is 1. The lowest BCUT2D eigenvalue weighted by atomic mass is 10.0. The maximum Gasteiger partial charge on any atom is 0.258 e. The third-order valence-corrected chi connectivity index (χ3v) is 5.30. The summed E-state index contributed by atoms with van der Waals surface area (Å²) in [5.41, 5.74) is 4.99. The molecule has 0 bridgehead atoms. The van der Waals surface area contributed by atoms with Crippen LogP contribution in [0, 0.1) is 20.8 Å². The molecule has 1 N–H and O–H groups in total. The van der Waals surface area contributed by atoms with Crippen LogP contribution < -0.4 is 10.1 Å².